The van der Waals surface area contributed by atoms with E-state index in [1.165, 1.54) is 0 Å². The number of carboxylic acids is 1. The van der Waals surface area contributed by atoms with Crippen molar-refractivity contribution < 1.29 is 19.7 Å². The Morgan fingerprint density at radius 3 is 2.56 bits per heavy atom. The second-order valence-electron chi connectivity index (χ2n) is 7.77. The van der Waals surface area contributed by atoms with Gasteiger partial charge in [0.15, 0.2) is 0 Å². The van der Waals surface area contributed by atoms with Gasteiger partial charge in [0.25, 0.3) is 0 Å². The second kappa shape index (κ2) is 12.5. The largest absolute Gasteiger partial charge is 0.493 e. The smallest absolute Gasteiger partial charge is 0.303 e. The number of aliphatic carboxylic acids is 1. The van der Waals surface area contributed by atoms with Crippen molar-refractivity contribution in [2.45, 2.75) is 38.2 Å². The van der Waals surface area contributed by atoms with Crippen molar-refractivity contribution in [1.82, 2.24) is 0 Å². The van der Waals surface area contributed by atoms with Crippen molar-refractivity contribution in [1.29, 1.82) is 0 Å². The lowest BCUT2D eigenvalue weighted by molar-refractivity contribution is -0.136. The Bertz CT molecular complexity index is 1010. The number of para-hydroxylation sites is 1. The number of rotatable bonds is 12. The number of aryl methyl sites for hydroxylation is 1. The molecule has 0 fully saturated rings. The van der Waals surface area contributed by atoms with Crippen molar-refractivity contribution in [2.75, 3.05) is 6.61 Å². The number of allylic oxidation sites excluding steroid dienone is 1. The number of hydrogen-bond acceptors (Lipinski definition) is 3. The molecule has 1 unspecified atom stereocenters. The highest BCUT2D eigenvalue weighted by Crippen LogP contribution is 2.21. The lowest BCUT2D eigenvalue weighted by Gasteiger charge is -2.12. The van der Waals surface area contributed by atoms with Crippen LogP contribution in [0.4, 0.5) is 0 Å². The zero-order chi connectivity index (χ0) is 22.6. The van der Waals surface area contributed by atoms with Crippen LogP contribution < -0.4 is 4.74 Å². The van der Waals surface area contributed by atoms with E-state index in [1.807, 2.05) is 78.9 Å². The van der Waals surface area contributed by atoms with Gasteiger partial charge in [-0.1, -0.05) is 78.9 Å². The van der Waals surface area contributed by atoms with Crippen LogP contribution in [0.2, 0.25) is 0 Å². The maximum Gasteiger partial charge on any atom is 0.303 e. The van der Waals surface area contributed by atoms with Crippen LogP contribution in [0.25, 0.3) is 6.08 Å². The molecule has 0 saturated heterocycles. The van der Waals surface area contributed by atoms with Gasteiger partial charge in [-0.25, -0.2) is 0 Å². The van der Waals surface area contributed by atoms with Gasteiger partial charge < -0.3 is 14.9 Å². The predicted octanol–water partition coefficient (Wildman–Crippen LogP) is 5.85. The van der Waals surface area contributed by atoms with Crippen LogP contribution in [0.3, 0.4) is 0 Å². The Morgan fingerprint density at radius 2 is 1.75 bits per heavy atom. The maximum absolute atomic E-state index is 10.8. The molecule has 4 heteroatoms. The van der Waals surface area contributed by atoms with Gasteiger partial charge >= 0.3 is 5.97 Å². The second-order valence-corrected chi connectivity index (χ2v) is 7.77. The molecule has 3 aromatic carbocycles. The lowest BCUT2D eigenvalue weighted by Crippen LogP contribution is -2.02. The highest BCUT2D eigenvalue weighted by molar-refractivity contribution is 5.67. The average molecular weight is 431 g/mol. The number of carboxylic acid groups (broad SMARTS) is 1. The monoisotopic (exact) mass is 430 g/mol. The van der Waals surface area contributed by atoms with Crippen LogP contribution in [-0.4, -0.2) is 22.8 Å². The van der Waals surface area contributed by atoms with E-state index in [2.05, 4.69) is 12.2 Å². The number of unbranched alkanes of at least 4 members (excludes halogenated alkanes) is 1. The van der Waals surface area contributed by atoms with E-state index in [9.17, 15) is 9.90 Å². The number of aliphatic hydroxyl groups excluding tert-OH is 1. The van der Waals surface area contributed by atoms with Crippen LogP contribution >= 0.6 is 0 Å². The van der Waals surface area contributed by atoms with E-state index in [4.69, 9.17) is 9.84 Å². The van der Waals surface area contributed by atoms with Gasteiger partial charge in [0.05, 0.1) is 12.7 Å². The van der Waals surface area contributed by atoms with Crippen molar-refractivity contribution >= 4 is 12.0 Å². The number of hydrogen-bond donors (Lipinski definition) is 2. The first kappa shape index (κ1) is 23.3. The summed E-state index contributed by atoms with van der Waals surface area (Å²) in [7, 11) is 0. The molecule has 0 heterocycles. The molecule has 0 bridgehead atoms. The van der Waals surface area contributed by atoms with E-state index in [1.54, 1.807) is 0 Å². The summed E-state index contributed by atoms with van der Waals surface area (Å²) in [6.45, 7) is 0.574. The molecule has 4 nitrogen and oxygen atoms in total. The molecule has 1 atom stereocenters. The number of benzene rings is 3. The first-order chi connectivity index (χ1) is 15.6. The first-order valence-corrected chi connectivity index (χ1v) is 11.0. The third kappa shape index (κ3) is 7.71. The standard InChI is InChI=1S/C28H30O4/c29-26(21-23-11-3-1-4-12-23)25-15-9-13-22(20-25)10-5-2-8-19-32-27-16-7-6-14-24(27)17-18-28(30)31/h1,3-7,9-16,20,26,29H,2,8,17-19,21H2,(H,30,31)/b10-5+. The minimum Gasteiger partial charge on any atom is -0.493 e. The molecule has 0 amide bonds. The Kier molecular flexibility index (Phi) is 9.08. The summed E-state index contributed by atoms with van der Waals surface area (Å²) in [5.74, 6) is -0.0422. The molecule has 2 N–H and O–H groups in total. The molecule has 3 rings (SSSR count). The van der Waals surface area contributed by atoms with Crippen LogP contribution in [0.1, 0.15) is 47.6 Å². The van der Waals surface area contributed by atoms with Crippen molar-refractivity contribution in [2.24, 2.45) is 0 Å². The van der Waals surface area contributed by atoms with Gasteiger partial charge in [-0.15, -0.1) is 0 Å². The third-order valence-electron chi connectivity index (χ3n) is 5.23. The molecule has 0 radical (unpaired) electrons. The molecule has 0 aliphatic heterocycles. The third-order valence-corrected chi connectivity index (χ3v) is 5.23. The minimum absolute atomic E-state index is 0.0994. The zero-order valence-electron chi connectivity index (χ0n) is 18.2. The Labute approximate surface area is 189 Å². The van der Waals surface area contributed by atoms with Gasteiger partial charge in [-0.05, 0) is 53.6 Å². The molecule has 0 saturated carbocycles. The van der Waals surface area contributed by atoms with Crippen LogP contribution in [0.15, 0.2) is 84.9 Å². The van der Waals surface area contributed by atoms with Gasteiger partial charge in [0.1, 0.15) is 5.75 Å². The Balaban J connectivity index is 1.45. The fraction of sp³-hybridized carbons (Fsp3) is 0.250. The number of aliphatic hydroxyl groups is 1. The summed E-state index contributed by atoms with van der Waals surface area (Å²) in [6, 6.07) is 25.6. The fourth-order valence-corrected chi connectivity index (χ4v) is 3.52. The van der Waals surface area contributed by atoms with Crippen LogP contribution in [-0.2, 0) is 17.6 Å². The van der Waals surface area contributed by atoms with E-state index < -0.39 is 12.1 Å². The summed E-state index contributed by atoms with van der Waals surface area (Å²) in [6.07, 6.45) is 6.55. The fourth-order valence-electron chi connectivity index (χ4n) is 3.52. The maximum atomic E-state index is 10.8. The summed E-state index contributed by atoms with van der Waals surface area (Å²) in [5.41, 5.74) is 4.02. The average Bonchev–Trinajstić information content (AvgIpc) is 2.81. The van der Waals surface area contributed by atoms with Crippen LogP contribution in [0, 0.1) is 0 Å². The van der Waals surface area contributed by atoms with Gasteiger partial charge in [-0.2, -0.15) is 0 Å². The summed E-state index contributed by atoms with van der Waals surface area (Å²) < 4.78 is 5.87. The van der Waals surface area contributed by atoms with Crippen LogP contribution in [0.5, 0.6) is 5.75 Å². The topological polar surface area (TPSA) is 66.8 Å². The molecular formula is C28H30O4. The van der Waals surface area contributed by atoms with Crippen molar-refractivity contribution in [3.63, 3.8) is 0 Å². The van der Waals surface area contributed by atoms with Gasteiger partial charge in [0.2, 0.25) is 0 Å². The highest BCUT2D eigenvalue weighted by atomic mass is 16.5. The molecule has 3 aromatic rings. The molecular weight excluding hydrogens is 400 g/mol. The summed E-state index contributed by atoms with van der Waals surface area (Å²) >= 11 is 0. The Morgan fingerprint density at radius 1 is 0.969 bits per heavy atom. The minimum atomic E-state index is -0.804. The highest BCUT2D eigenvalue weighted by Gasteiger charge is 2.08. The van der Waals surface area contributed by atoms with E-state index in [0.29, 0.717) is 19.4 Å². The molecule has 32 heavy (non-hydrogen) atoms. The summed E-state index contributed by atoms with van der Waals surface area (Å²) in [5, 5.41) is 19.5. The van der Waals surface area contributed by atoms with Gasteiger partial charge in [-0.3, -0.25) is 4.79 Å². The number of carbonyl (C=O) groups is 1. The zero-order valence-corrected chi connectivity index (χ0v) is 18.2. The SMILES string of the molecule is O=C(O)CCc1ccccc1OCCC/C=C/c1cccc(C(O)Cc2ccccc2)c1. The van der Waals surface area contributed by atoms with Crippen molar-refractivity contribution in [3.05, 3.63) is 107 Å². The first-order valence-electron chi connectivity index (χ1n) is 11.0. The normalized spacial score (nSPS) is 12.0. The van der Waals surface area contributed by atoms with E-state index in [0.717, 1.165) is 40.8 Å². The number of ether oxygens (including phenoxy) is 1. The van der Waals surface area contributed by atoms with E-state index >= 15 is 0 Å². The van der Waals surface area contributed by atoms with Gasteiger partial charge in [0, 0.05) is 12.8 Å². The Hall–Kier alpha value is -3.37. The predicted molar refractivity (Wildman–Crippen MR) is 128 cm³/mol. The quantitative estimate of drug-likeness (QED) is 0.354. The lowest BCUT2D eigenvalue weighted by atomic mass is 9.99. The molecule has 0 aromatic heterocycles. The molecule has 166 valence electrons. The summed E-state index contributed by atoms with van der Waals surface area (Å²) in [4.78, 5) is 10.8. The molecule has 0 aliphatic rings. The van der Waals surface area contributed by atoms with Crippen molar-refractivity contribution in [3.8, 4) is 5.75 Å². The van der Waals surface area contributed by atoms with E-state index in [-0.39, 0.29) is 6.42 Å². The molecule has 0 aliphatic carbocycles. The molecule has 0 spiro atoms.